The second kappa shape index (κ2) is 10.8. The van der Waals surface area contributed by atoms with E-state index in [1.165, 1.54) is 12.0 Å². The Morgan fingerprint density at radius 3 is 2.33 bits per heavy atom. The molecule has 18 heavy (non-hydrogen) atoms. The fourth-order valence-electron chi connectivity index (χ4n) is 1.14. The highest BCUT2D eigenvalue weighted by atomic mass is 16.6. The van der Waals surface area contributed by atoms with Gasteiger partial charge in [-0.1, -0.05) is 13.3 Å². The molecule has 6 nitrogen and oxygen atoms in total. The highest BCUT2D eigenvalue weighted by Crippen LogP contribution is 1.96. The van der Waals surface area contributed by atoms with Gasteiger partial charge >= 0.3 is 12.1 Å². The molecule has 0 aromatic rings. The van der Waals surface area contributed by atoms with Gasteiger partial charge in [-0.2, -0.15) is 0 Å². The highest BCUT2D eigenvalue weighted by molar-refractivity contribution is 5.78. The predicted octanol–water partition coefficient (Wildman–Crippen LogP) is 1.43. The molecule has 0 heterocycles. The van der Waals surface area contributed by atoms with Crippen LogP contribution in [0.25, 0.3) is 0 Å². The number of hydrogen-bond donors (Lipinski definition) is 0. The first-order valence-corrected chi connectivity index (χ1v) is 6.21. The molecule has 0 aromatic carbocycles. The van der Waals surface area contributed by atoms with E-state index in [0.717, 1.165) is 12.8 Å². The van der Waals surface area contributed by atoms with Crippen molar-refractivity contribution in [2.75, 3.05) is 40.0 Å². The number of amides is 1. The fraction of sp³-hybridized carbons (Fsp3) is 0.833. The molecular formula is C12H23NO5. The van der Waals surface area contributed by atoms with E-state index in [9.17, 15) is 9.59 Å². The second-order valence-corrected chi connectivity index (χ2v) is 3.70. The molecule has 0 radical (unpaired) electrons. The number of esters is 1. The predicted molar refractivity (Wildman–Crippen MR) is 66.3 cm³/mol. The van der Waals surface area contributed by atoms with Gasteiger partial charge in [-0.25, -0.2) is 4.79 Å². The molecule has 0 saturated carbocycles. The molecule has 0 aliphatic carbocycles. The van der Waals surface area contributed by atoms with Gasteiger partial charge in [0.05, 0.1) is 13.2 Å². The summed E-state index contributed by atoms with van der Waals surface area (Å²) >= 11 is 0. The van der Waals surface area contributed by atoms with Crippen molar-refractivity contribution < 1.29 is 23.8 Å². The Labute approximate surface area is 108 Å². The summed E-state index contributed by atoms with van der Waals surface area (Å²) in [5.74, 6) is -0.408. The third kappa shape index (κ3) is 7.89. The van der Waals surface area contributed by atoms with Gasteiger partial charge in [-0.3, -0.25) is 9.69 Å². The molecule has 0 aliphatic rings. The van der Waals surface area contributed by atoms with Crippen molar-refractivity contribution in [3.05, 3.63) is 0 Å². The van der Waals surface area contributed by atoms with E-state index in [2.05, 4.69) is 0 Å². The van der Waals surface area contributed by atoms with Gasteiger partial charge in [0, 0.05) is 13.7 Å². The van der Waals surface area contributed by atoms with Gasteiger partial charge in [-0.05, 0) is 13.3 Å². The van der Waals surface area contributed by atoms with Gasteiger partial charge < -0.3 is 14.2 Å². The van der Waals surface area contributed by atoms with Crippen molar-refractivity contribution in [3.8, 4) is 0 Å². The summed E-state index contributed by atoms with van der Waals surface area (Å²) in [4.78, 5) is 24.3. The van der Waals surface area contributed by atoms with Crippen LogP contribution in [0.1, 0.15) is 26.7 Å². The van der Waals surface area contributed by atoms with Gasteiger partial charge in [0.25, 0.3) is 0 Å². The fourth-order valence-corrected chi connectivity index (χ4v) is 1.14. The van der Waals surface area contributed by atoms with Crippen molar-refractivity contribution in [3.63, 3.8) is 0 Å². The summed E-state index contributed by atoms with van der Waals surface area (Å²) in [5, 5.41) is 0. The van der Waals surface area contributed by atoms with Crippen LogP contribution in [-0.2, 0) is 19.0 Å². The first-order chi connectivity index (χ1) is 8.65. The summed E-state index contributed by atoms with van der Waals surface area (Å²) < 4.78 is 14.7. The summed E-state index contributed by atoms with van der Waals surface area (Å²) in [5.41, 5.74) is 0. The number of unbranched alkanes of at least 4 members (excludes halogenated alkanes) is 1. The number of hydrogen-bond acceptors (Lipinski definition) is 5. The molecular weight excluding hydrogens is 238 g/mol. The lowest BCUT2D eigenvalue weighted by Gasteiger charge is -2.19. The first kappa shape index (κ1) is 16.7. The largest absolute Gasteiger partial charge is 0.464 e. The van der Waals surface area contributed by atoms with E-state index < -0.39 is 12.1 Å². The average molecular weight is 261 g/mol. The highest BCUT2D eigenvalue weighted by Gasteiger charge is 2.17. The number of methoxy groups -OCH3 is 1. The number of rotatable bonds is 9. The Kier molecular flexibility index (Phi) is 10.0. The van der Waals surface area contributed by atoms with E-state index in [1.54, 1.807) is 6.92 Å². The van der Waals surface area contributed by atoms with Crippen molar-refractivity contribution in [1.82, 2.24) is 4.90 Å². The minimum absolute atomic E-state index is 0.0774. The standard InChI is InChI=1S/C12H23NO5/c1-4-6-7-17-11(14)10-13(5-2)12(15)18-9-8-16-3/h4-10H2,1-3H3. The molecule has 0 saturated heterocycles. The molecule has 0 rings (SSSR count). The number of nitrogens with zero attached hydrogens (tertiary/aromatic N) is 1. The van der Waals surface area contributed by atoms with Crippen molar-refractivity contribution in [2.24, 2.45) is 0 Å². The molecule has 0 spiro atoms. The molecule has 0 unspecified atom stereocenters. The minimum atomic E-state index is -0.526. The van der Waals surface area contributed by atoms with E-state index >= 15 is 0 Å². The van der Waals surface area contributed by atoms with Crippen LogP contribution in [0.5, 0.6) is 0 Å². The average Bonchev–Trinajstić information content (AvgIpc) is 2.36. The van der Waals surface area contributed by atoms with Crippen LogP contribution in [-0.4, -0.2) is 57.0 Å². The number of carbonyl (C=O) groups excluding carboxylic acids is 2. The lowest BCUT2D eigenvalue weighted by Crippen LogP contribution is -2.37. The lowest BCUT2D eigenvalue weighted by molar-refractivity contribution is -0.144. The SMILES string of the molecule is CCCCOC(=O)CN(CC)C(=O)OCCOC. The van der Waals surface area contributed by atoms with Crippen molar-refractivity contribution >= 4 is 12.1 Å². The smallest absolute Gasteiger partial charge is 0.410 e. The Bertz CT molecular complexity index is 245. The zero-order valence-electron chi connectivity index (χ0n) is 11.4. The van der Waals surface area contributed by atoms with E-state index in [0.29, 0.717) is 19.8 Å². The minimum Gasteiger partial charge on any atom is -0.464 e. The van der Waals surface area contributed by atoms with Crippen LogP contribution in [0.2, 0.25) is 0 Å². The molecule has 0 bridgehead atoms. The first-order valence-electron chi connectivity index (χ1n) is 6.21. The maximum absolute atomic E-state index is 11.6. The Morgan fingerprint density at radius 2 is 1.78 bits per heavy atom. The Hall–Kier alpha value is -1.30. The molecule has 106 valence electrons. The molecule has 0 fully saturated rings. The maximum atomic E-state index is 11.6. The third-order valence-electron chi connectivity index (χ3n) is 2.23. The van der Waals surface area contributed by atoms with Crippen molar-refractivity contribution in [1.29, 1.82) is 0 Å². The van der Waals surface area contributed by atoms with Crippen LogP contribution >= 0.6 is 0 Å². The number of ether oxygens (including phenoxy) is 3. The zero-order chi connectivity index (χ0) is 13.8. The summed E-state index contributed by atoms with van der Waals surface area (Å²) in [6, 6.07) is 0. The molecule has 0 atom stereocenters. The van der Waals surface area contributed by atoms with E-state index in [4.69, 9.17) is 14.2 Å². The lowest BCUT2D eigenvalue weighted by atomic mass is 10.4. The molecule has 6 heteroatoms. The van der Waals surface area contributed by atoms with Gasteiger partial charge in [-0.15, -0.1) is 0 Å². The Balaban J connectivity index is 3.93. The van der Waals surface area contributed by atoms with Crippen LogP contribution in [0, 0.1) is 0 Å². The van der Waals surface area contributed by atoms with Gasteiger partial charge in [0.15, 0.2) is 0 Å². The monoisotopic (exact) mass is 261 g/mol. The second-order valence-electron chi connectivity index (χ2n) is 3.70. The molecule has 0 aliphatic heterocycles. The maximum Gasteiger partial charge on any atom is 0.410 e. The van der Waals surface area contributed by atoms with E-state index in [-0.39, 0.29) is 13.2 Å². The summed E-state index contributed by atoms with van der Waals surface area (Å²) in [6.45, 7) is 5.02. The zero-order valence-corrected chi connectivity index (χ0v) is 11.4. The van der Waals surface area contributed by atoms with Gasteiger partial charge in [0.1, 0.15) is 13.2 Å². The quantitative estimate of drug-likeness (QED) is 0.464. The number of likely N-dealkylation sites (N-methyl/N-ethyl adjacent to an activating group) is 1. The third-order valence-corrected chi connectivity index (χ3v) is 2.23. The topological polar surface area (TPSA) is 65.1 Å². The van der Waals surface area contributed by atoms with Crippen LogP contribution in [0.15, 0.2) is 0 Å². The molecule has 1 amide bonds. The van der Waals surface area contributed by atoms with Crippen LogP contribution < -0.4 is 0 Å². The molecule has 0 N–H and O–H groups in total. The van der Waals surface area contributed by atoms with Crippen molar-refractivity contribution in [2.45, 2.75) is 26.7 Å². The van der Waals surface area contributed by atoms with Gasteiger partial charge in [0.2, 0.25) is 0 Å². The Morgan fingerprint density at radius 1 is 1.06 bits per heavy atom. The summed E-state index contributed by atoms with van der Waals surface area (Å²) in [7, 11) is 1.52. The van der Waals surface area contributed by atoms with Crippen LogP contribution in [0.3, 0.4) is 0 Å². The molecule has 0 aromatic heterocycles. The van der Waals surface area contributed by atoms with Crippen LogP contribution in [0.4, 0.5) is 4.79 Å². The van der Waals surface area contributed by atoms with E-state index in [1.807, 2.05) is 6.92 Å². The normalized spacial score (nSPS) is 9.94. The number of carbonyl (C=O) groups is 2. The summed E-state index contributed by atoms with van der Waals surface area (Å²) in [6.07, 6.45) is 1.27.